The largest absolute Gasteiger partial charge is 0.341 e. The van der Waals surface area contributed by atoms with Crippen LogP contribution < -0.4 is 5.73 Å². The van der Waals surface area contributed by atoms with Crippen molar-refractivity contribution in [3.63, 3.8) is 0 Å². The van der Waals surface area contributed by atoms with Gasteiger partial charge in [0.1, 0.15) is 18.9 Å². The van der Waals surface area contributed by atoms with E-state index in [-0.39, 0.29) is 24.2 Å². The van der Waals surface area contributed by atoms with E-state index in [0.717, 1.165) is 19.0 Å². The van der Waals surface area contributed by atoms with Crippen molar-refractivity contribution in [1.82, 2.24) is 14.7 Å². The monoisotopic (exact) mass is 281 g/mol. The molecule has 1 saturated heterocycles. The molecule has 2 heterocycles. The van der Waals surface area contributed by atoms with E-state index in [1.165, 1.54) is 10.9 Å². The van der Waals surface area contributed by atoms with Gasteiger partial charge in [-0.25, -0.2) is 0 Å². The molecule has 2 atom stereocenters. The highest BCUT2D eigenvalue weighted by atomic mass is 16.6. The van der Waals surface area contributed by atoms with Gasteiger partial charge in [-0.1, -0.05) is 0 Å². The maximum atomic E-state index is 12.2. The number of nitrogens with two attached hydrogens (primary N) is 1. The first-order valence-corrected chi connectivity index (χ1v) is 6.67. The molecule has 1 aliphatic rings. The number of hydrogen-bond donors (Lipinski definition) is 1. The fourth-order valence-corrected chi connectivity index (χ4v) is 2.44. The van der Waals surface area contributed by atoms with Gasteiger partial charge in [0, 0.05) is 19.1 Å². The molecule has 1 amide bonds. The minimum Gasteiger partial charge on any atom is -0.341 e. The first-order valence-electron chi connectivity index (χ1n) is 6.67. The molecule has 1 fully saturated rings. The van der Waals surface area contributed by atoms with Gasteiger partial charge in [-0.2, -0.15) is 5.10 Å². The fourth-order valence-electron chi connectivity index (χ4n) is 2.44. The van der Waals surface area contributed by atoms with Crippen molar-refractivity contribution in [3.05, 3.63) is 22.5 Å². The Hall–Kier alpha value is -1.96. The Morgan fingerprint density at radius 3 is 3.05 bits per heavy atom. The third-order valence-corrected chi connectivity index (χ3v) is 3.68. The molecule has 0 radical (unpaired) electrons. The normalized spacial score (nSPS) is 20.7. The number of nitrogens with zero attached hydrogens (tertiary/aromatic N) is 4. The van der Waals surface area contributed by atoms with Crippen LogP contribution in [-0.4, -0.2) is 44.6 Å². The van der Waals surface area contributed by atoms with E-state index in [4.69, 9.17) is 5.73 Å². The van der Waals surface area contributed by atoms with Crippen molar-refractivity contribution in [3.8, 4) is 0 Å². The Morgan fingerprint density at radius 2 is 2.45 bits per heavy atom. The van der Waals surface area contributed by atoms with E-state index in [2.05, 4.69) is 5.10 Å². The molecule has 1 aliphatic heterocycles. The first kappa shape index (κ1) is 14.4. The number of amides is 1. The highest BCUT2D eigenvalue weighted by Crippen LogP contribution is 2.19. The molecular formula is C12H19N5O3. The van der Waals surface area contributed by atoms with E-state index in [1.807, 2.05) is 6.92 Å². The average molecular weight is 281 g/mol. The summed E-state index contributed by atoms with van der Waals surface area (Å²) in [5.41, 5.74) is 5.78. The molecule has 8 nitrogen and oxygen atoms in total. The molecule has 110 valence electrons. The third kappa shape index (κ3) is 3.32. The standard InChI is InChI=1S/C12H19N5O3/c1-9(13)10-3-2-4-15(6-10)12(18)8-16-7-11(5-14-16)17(19)20/h5,7,9-10H,2-4,6,8,13H2,1H3. The molecule has 20 heavy (non-hydrogen) atoms. The molecule has 2 N–H and O–H groups in total. The van der Waals surface area contributed by atoms with Crippen molar-refractivity contribution in [2.45, 2.75) is 32.4 Å². The quantitative estimate of drug-likeness (QED) is 0.634. The zero-order valence-corrected chi connectivity index (χ0v) is 11.4. The second-order valence-corrected chi connectivity index (χ2v) is 5.25. The summed E-state index contributed by atoms with van der Waals surface area (Å²) < 4.78 is 1.30. The van der Waals surface area contributed by atoms with Gasteiger partial charge in [-0.15, -0.1) is 0 Å². The van der Waals surface area contributed by atoms with Gasteiger partial charge in [0.15, 0.2) is 0 Å². The second kappa shape index (κ2) is 6.00. The Kier molecular flexibility index (Phi) is 4.33. The average Bonchev–Trinajstić information content (AvgIpc) is 2.87. The highest BCUT2D eigenvalue weighted by Gasteiger charge is 2.26. The van der Waals surface area contributed by atoms with Gasteiger partial charge < -0.3 is 10.6 Å². The van der Waals surface area contributed by atoms with Gasteiger partial charge in [0.25, 0.3) is 0 Å². The van der Waals surface area contributed by atoms with Crippen LogP contribution in [0.1, 0.15) is 19.8 Å². The Balaban J connectivity index is 1.95. The Bertz CT molecular complexity index is 499. The van der Waals surface area contributed by atoms with E-state index >= 15 is 0 Å². The summed E-state index contributed by atoms with van der Waals surface area (Å²) in [5, 5.41) is 14.4. The zero-order valence-electron chi connectivity index (χ0n) is 11.4. The van der Waals surface area contributed by atoms with Crippen LogP contribution in [0, 0.1) is 16.0 Å². The van der Waals surface area contributed by atoms with Crippen molar-refractivity contribution in [1.29, 1.82) is 0 Å². The van der Waals surface area contributed by atoms with Crippen LogP contribution in [-0.2, 0) is 11.3 Å². The summed E-state index contributed by atoms with van der Waals surface area (Å²) in [6, 6.07) is 0.0661. The molecule has 0 bridgehead atoms. The van der Waals surface area contributed by atoms with Crippen LogP contribution in [0.3, 0.4) is 0 Å². The van der Waals surface area contributed by atoms with Crippen LogP contribution in [0.25, 0.3) is 0 Å². The van der Waals surface area contributed by atoms with Crippen LogP contribution in [0.5, 0.6) is 0 Å². The topological polar surface area (TPSA) is 107 Å². The number of hydrogen-bond acceptors (Lipinski definition) is 5. The zero-order chi connectivity index (χ0) is 14.7. The summed E-state index contributed by atoms with van der Waals surface area (Å²) in [7, 11) is 0. The second-order valence-electron chi connectivity index (χ2n) is 5.25. The summed E-state index contributed by atoms with van der Waals surface area (Å²) in [5.74, 6) is 0.244. The lowest BCUT2D eigenvalue weighted by atomic mass is 9.92. The lowest BCUT2D eigenvalue weighted by molar-refractivity contribution is -0.385. The Morgan fingerprint density at radius 1 is 1.70 bits per heavy atom. The van der Waals surface area contributed by atoms with Gasteiger partial charge in [-0.05, 0) is 25.7 Å². The van der Waals surface area contributed by atoms with E-state index in [9.17, 15) is 14.9 Å². The molecule has 2 unspecified atom stereocenters. The van der Waals surface area contributed by atoms with Crippen LogP contribution in [0.2, 0.25) is 0 Å². The molecular weight excluding hydrogens is 262 g/mol. The van der Waals surface area contributed by atoms with Gasteiger partial charge in [0.05, 0.1) is 4.92 Å². The van der Waals surface area contributed by atoms with Gasteiger partial charge in [0.2, 0.25) is 5.91 Å². The number of aromatic nitrogens is 2. The van der Waals surface area contributed by atoms with Gasteiger partial charge in [-0.3, -0.25) is 19.6 Å². The molecule has 1 aromatic heterocycles. The molecule has 0 spiro atoms. The van der Waals surface area contributed by atoms with Crippen molar-refractivity contribution in [2.75, 3.05) is 13.1 Å². The van der Waals surface area contributed by atoms with Crippen molar-refractivity contribution in [2.24, 2.45) is 11.7 Å². The molecule has 0 saturated carbocycles. The molecule has 1 aromatic rings. The van der Waals surface area contributed by atoms with Crippen LogP contribution >= 0.6 is 0 Å². The number of carbonyl (C=O) groups is 1. The first-order chi connectivity index (χ1) is 9.47. The molecule has 2 rings (SSSR count). The van der Waals surface area contributed by atoms with E-state index < -0.39 is 4.92 Å². The number of rotatable bonds is 4. The maximum Gasteiger partial charge on any atom is 0.307 e. The minimum absolute atomic E-state index is 0.0273. The SMILES string of the molecule is CC(N)C1CCCN(C(=O)Cn2cc([N+](=O)[O-])cn2)C1. The number of piperidine rings is 1. The molecule has 8 heteroatoms. The smallest absolute Gasteiger partial charge is 0.307 e. The predicted molar refractivity (Wildman–Crippen MR) is 71.8 cm³/mol. The summed E-state index contributed by atoms with van der Waals surface area (Å²) >= 11 is 0. The minimum atomic E-state index is -0.527. The number of likely N-dealkylation sites (tertiary alicyclic amines) is 1. The van der Waals surface area contributed by atoms with Crippen molar-refractivity contribution >= 4 is 11.6 Å². The van der Waals surface area contributed by atoms with Crippen molar-refractivity contribution < 1.29 is 9.72 Å². The lowest BCUT2D eigenvalue weighted by Gasteiger charge is -2.34. The van der Waals surface area contributed by atoms with E-state index in [0.29, 0.717) is 19.0 Å². The third-order valence-electron chi connectivity index (χ3n) is 3.68. The number of carbonyl (C=O) groups excluding carboxylic acids is 1. The van der Waals surface area contributed by atoms with E-state index in [1.54, 1.807) is 4.90 Å². The van der Waals surface area contributed by atoms with Crippen LogP contribution in [0.4, 0.5) is 5.69 Å². The highest BCUT2D eigenvalue weighted by molar-refractivity contribution is 5.76. The number of nitro groups is 1. The van der Waals surface area contributed by atoms with Crippen LogP contribution in [0.15, 0.2) is 12.4 Å². The fraction of sp³-hybridized carbons (Fsp3) is 0.667. The lowest BCUT2D eigenvalue weighted by Crippen LogP contribution is -2.46. The maximum absolute atomic E-state index is 12.2. The Labute approximate surface area is 116 Å². The summed E-state index contributed by atoms with van der Waals surface area (Å²) in [6.45, 7) is 3.35. The predicted octanol–water partition coefficient (Wildman–Crippen LogP) is 0.377. The molecule has 0 aliphatic carbocycles. The summed E-state index contributed by atoms with van der Waals surface area (Å²) in [6.07, 6.45) is 4.39. The molecule has 0 aromatic carbocycles. The van der Waals surface area contributed by atoms with Gasteiger partial charge >= 0.3 is 5.69 Å². The summed E-state index contributed by atoms with van der Waals surface area (Å²) in [4.78, 5) is 24.0.